The Morgan fingerprint density at radius 3 is 2.94 bits per heavy atom. The summed E-state index contributed by atoms with van der Waals surface area (Å²) in [5.41, 5.74) is 1.18. The van der Waals surface area contributed by atoms with E-state index in [9.17, 15) is 0 Å². The summed E-state index contributed by atoms with van der Waals surface area (Å²) in [4.78, 5) is 0. The number of ether oxygens (including phenoxy) is 1. The molecule has 2 rings (SSSR count). The van der Waals surface area contributed by atoms with E-state index in [1.165, 1.54) is 5.56 Å². The molecule has 1 unspecified atom stereocenters. The topological polar surface area (TPSA) is 42.8 Å². The first kappa shape index (κ1) is 12.8. The summed E-state index contributed by atoms with van der Waals surface area (Å²) in [6, 6.07) is 7.98. The Balaban J connectivity index is 2.21. The molecule has 0 saturated carbocycles. The van der Waals surface area contributed by atoms with Crippen molar-refractivity contribution in [3.05, 3.63) is 40.4 Å². The fourth-order valence-corrected chi connectivity index (χ4v) is 2.16. The first-order valence-corrected chi connectivity index (χ1v) is 6.41. The number of aromatic nitrogens is 3. The quantitative estimate of drug-likeness (QED) is 0.860. The minimum Gasteiger partial charge on any atom is -0.483 e. The van der Waals surface area contributed by atoms with Gasteiger partial charge in [0.2, 0.25) is 0 Å². The first-order valence-electron chi connectivity index (χ1n) is 6.00. The van der Waals surface area contributed by atoms with E-state index in [0.717, 1.165) is 18.1 Å². The van der Waals surface area contributed by atoms with Crippen LogP contribution in [0.15, 0.2) is 24.3 Å². The van der Waals surface area contributed by atoms with Gasteiger partial charge in [-0.1, -0.05) is 12.1 Å². The number of aryl methyl sites for hydroxylation is 1. The maximum absolute atomic E-state index is 5.89. The zero-order valence-electron chi connectivity index (χ0n) is 10.8. The zero-order valence-corrected chi connectivity index (χ0v) is 11.6. The van der Waals surface area contributed by atoms with E-state index in [2.05, 4.69) is 10.2 Å². The highest BCUT2D eigenvalue weighted by Crippen LogP contribution is 2.21. The number of nitrogens with zero attached hydrogens (tertiary/aromatic N) is 2. The van der Waals surface area contributed by atoms with Gasteiger partial charge in [0, 0.05) is 6.54 Å². The second kappa shape index (κ2) is 5.35. The van der Waals surface area contributed by atoms with Crippen LogP contribution in [0.2, 0.25) is 0 Å². The van der Waals surface area contributed by atoms with Crippen LogP contribution in [0.25, 0.3) is 0 Å². The molecule has 1 aromatic carbocycles. The number of hydrogen-bond acceptors (Lipinski definition) is 3. The van der Waals surface area contributed by atoms with Crippen LogP contribution in [0, 0.1) is 11.7 Å². The standard InChI is InChI=1S/C13H17N3OS/c1-4-16-12(14-15-13(16)18)10(3)17-11-7-5-6-9(2)8-11/h5-8,10H,4H2,1-3H3,(H,15,18). The van der Waals surface area contributed by atoms with Crippen LogP contribution in [0.3, 0.4) is 0 Å². The fourth-order valence-electron chi connectivity index (χ4n) is 1.89. The van der Waals surface area contributed by atoms with Crippen molar-refractivity contribution in [3.63, 3.8) is 0 Å². The van der Waals surface area contributed by atoms with Crippen LogP contribution >= 0.6 is 12.2 Å². The van der Waals surface area contributed by atoms with Crippen molar-refractivity contribution >= 4 is 12.2 Å². The van der Waals surface area contributed by atoms with E-state index in [1.807, 2.05) is 49.6 Å². The van der Waals surface area contributed by atoms with Gasteiger partial charge in [0.1, 0.15) is 5.75 Å². The third-order valence-electron chi connectivity index (χ3n) is 2.77. The lowest BCUT2D eigenvalue weighted by atomic mass is 10.2. The minimum atomic E-state index is -0.139. The molecule has 0 fully saturated rings. The molecule has 0 aliphatic rings. The van der Waals surface area contributed by atoms with E-state index >= 15 is 0 Å². The third-order valence-corrected chi connectivity index (χ3v) is 3.08. The van der Waals surface area contributed by atoms with Gasteiger partial charge >= 0.3 is 0 Å². The number of hydrogen-bond donors (Lipinski definition) is 1. The number of rotatable bonds is 4. The molecule has 0 saturated heterocycles. The van der Waals surface area contributed by atoms with Crippen molar-refractivity contribution in [3.8, 4) is 5.75 Å². The average molecular weight is 263 g/mol. The third kappa shape index (κ3) is 2.61. The van der Waals surface area contributed by atoms with Gasteiger partial charge in [-0.15, -0.1) is 0 Å². The van der Waals surface area contributed by atoms with Crippen LogP contribution in [0.4, 0.5) is 0 Å². The fraction of sp³-hybridized carbons (Fsp3) is 0.385. The van der Waals surface area contributed by atoms with Crippen molar-refractivity contribution in [1.82, 2.24) is 14.8 Å². The monoisotopic (exact) mass is 263 g/mol. The normalized spacial score (nSPS) is 12.4. The Morgan fingerprint density at radius 2 is 2.28 bits per heavy atom. The lowest BCUT2D eigenvalue weighted by molar-refractivity contribution is 0.210. The van der Waals surface area contributed by atoms with E-state index in [0.29, 0.717) is 4.77 Å². The summed E-state index contributed by atoms with van der Waals surface area (Å²) in [6.07, 6.45) is -0.139. The summed E-state index contributed by atoms with van der Waals surface area (Å²) in [5, 5.41) is 7.03. The van der Waals surface area contributed by atoms with Crippen molar-refractivity contribution < 1.29 is 4.74 Å². The van der Waals surface area contributed by atoms with Crippen molar-refractivity contribution in [2.24, 2.45) is 0 Å². The number of H-pyrrole nitrogens is 1. The van der Waals surface area contributed by atoms with Gasteiger partial charge in [0.25, 0.3) is 0 Å². The molecule has 1 N–H and O–H groups in total. The Labute approximate surface area is 112 Å². The molecule has 5 heteroatoms. The molecule has 0 aliphatic carbocycles. The van der Waals surface area contributed by atoms with Gasteiger partial charge in [-0.3, -0.25) is 5.10 Å². The second-order valence-electron chi connectivity index (χ2n) is 4.21. The predicted octanol–water partition coefficient (Wildman–Crippen LogP) is 3.41. The second-order valence-corrected chi connectivity index (χ2v) is 4.59. The van der Waals surface area contributed by atoms with Gasteiger partial charge in [0.05, 0.1) is 0 Å². The zero-order chi connectivity index (χ0) is 13.1. The van der Waals surface area contributed by atoms with Crippen LogP contribution < -0.4 is 4.74 Å². The summed E-state index contributed by atoms with van der Waals surface area (Å²) in [5.74, 6) is 1.67. The number of aromatic amines is 1. The largest absolute Gasteiger partial charge is 0.483 e. The molecule has 0 spiro atoms. The SMILES string of the molecule is CCn1c(C(C)Oc2cccc(C)c2)n[nH]c1=S. The molecule has 0 bridgehead atoms. The highest BCUT2D eigenvalue weighted by Gasteiger charge is 2.14. The molecule has 0 amide bonds. The van der Waals surface area contributed by atoms with Gasteiger partial charge in [-0.25, -0.2) is 0 Å². The van der Waals surface area contributed by atoms with Crippen molar-refractivity contribution in [1.29, 1.82) is 0 Å². The Morgan fingerprint density at radius 1 is 1.50 bits per heavy atom. The molecule has 96 valence electrons. The summed E-state index contributed by atoms with van der Waals surface area (Å²) in [7, 11) is 0. The highest BCUT2D eigenvalue weighted by molar-refractivity contribution is 7.71. The Hall–Kier alpha value is -1.62. The molecule has 0 aliphatic heterocycles. The van der Waals surface area contributed by atoms with E-state index in [-0.39, 0.29) is 6.10 Å². The molecule has 0 radical (unpaired) electrons. The van der Waals surface area contributed by atoms with Gasteiger partial charge in [-0.05, 0) is 50.7 Å². The molecule has 1 heterocycles. The molecular formula is C13H17N3OS. The first-order chi connectivity index (χ1) is 8.61. The molecular weight excluding hydrogens is 246 g/mol. The Kier molecular flexibility index (Phi) is 3.81. The number of benzene rings is 1. The van der Waals surface area contributed by atoms with Gasteiger partial charge < -0.3 is 9.30 Å². The molecule has 2 aromatic rings. The summed E-state index contributed by atoms with van der Waals surface area (Å²) in [6.45, 7) is 6.83. The average Bonchev–Trinajstić information content (AvgIpc) is 2.70. The van der Waals surface area contributed by atoms with Crippen LogP contribution in [-0.4, -0.2) is 14.8 Å². The van der Waals surface area contributed by atoms with Crippen molar-refractivity contribution in [2.45, 2.75) is 33.4 Å². The van der Waals surface area contributed by atoms with Crippen molar-refractivity contribution in [2.75, 3.05) is 0 Å². The van der Waals surface area contributed by atoms with E-state index in [1.54, 1.807) is 0 Å². The summed E-state index contributed by atoms with van der Waals surface area (Å²) >= 11 is 5.17. The lowest BCUT2D eigenvalue weighted by Gasteiger charge is -2.15. The highest BCUT2D eigenvalue weighted by atomic mass is 32.1. The maximum Gasteiger partial charge on any atom is 0.195 e. The predicted molar refractivity (Wildman–Crippen MR) is 73.3 cm³/mol. The minimum absolute atomic E-state index is 0.139. The van der Waals surface area contributed by atoms with E-state index < -0.39 is 0 Å². The van der Waals surface area contributed by atoms with Crippen LogP contribution in [0.5, 0.6) is 5.75 Å². The maximum atomic E-state index is 5.89. The van der Waals surface area contributed by atoms with E-state index in [4.69, 9.17) is 17.0 Å². The van der Waals surface area contributed by atoms with Crippen LogP contribution in [-0.2, 0) is 6.54 Å². The lowest BCUT2D eigenvalue weighted by Crippen LogP contribution is -2.11. The molecule has 1 aromatic heterocycles. The smallest absolute Gasteiger partial charge is 0.195 e. The van der Waals surface area contributed by atoms with Crippen LogP contribution in [0.1, 0.15) is 31.3 Å². The molecule has 4 nitrogen and oxygen atoms in total. The molecule has 1 atom stereocenters. The number of nitrogens with one attached hydrogen (secondary N) is 1. The van der Waals surface area contributed by atoms with Gasteiger partial charge in [0.15, 0.2) is 16.7 Å². The van der Waals surface area contributed by atoms with Gasteiger partial charge in [-0.2, -0.15) is 5.10 Å². The Bertz CT molecular complexity index is 588. The summed E-state index contributed by atoms with van der Waals surface area (Å²) < 4.78 is 8.46. The molecule has 18 heavy (non-hydrogen) atoms.